The molecule has 0 unspecified atom stereocenters. The quantitative estimate of drug-likeness (QED) is 0.539. The van der Waals surface area contributed by atoms with E-state index in [1.165, 1.54) is 13.1 Å². The lowest BCUT2D eigenvalue weighted by Crippen LogP contribution is -2.41. The first kappa shape index (κ1) is 12.8. The van der Waals surface area contributed by atoms with Crippen LogP contribution < -0.4 is 11.2 Å². The van der Waals surface area contributed by atoms with Crippen molar-refractivity contribution >= 4 is 0 Å². The van der Waals surface area contributed by atoms with Crippen LogP contribution in [-0.4, -0.2) is 43.5 Å². The Morgan fingerprint density at radius 3 is 2.72 bits per heavy atom. The average Bonchev–Trinajstić information content (AvgIpc) is 2.72. The minimum atomic E-state index is -0.943. The SMILES string of the molecule is Cc1cn([C@H]2C[C@H](O)[C@@H](CO)O2)c(=O)n(O)c1=O. The molecule has 1 fully saturated rings. The third-order valence-electron chi connectivity index (χ3n) is 2.96. The first-order valence-electron chi connectivity index (χ1n) is 5.44. The zero-order chi connectivity index (χ0) is 13.4. The van der Waals surface area contributed by atoms with Crippen molar-refractivity contribution in [1.29, 1.82) is 0 Å². The van der Waals surface area contributed by atoms with Gasteiger partial charge in [-0.15, -0.1) is 0 Å². The molecule has 8 heteroatoms. The molecule has 2 rings (SSSR count). The highest BCUT2D eigenvalue weighted by atomic mass is 16.5. The van der Waals surface area contributed by atoms with Gasteiger partial charge in [0.15, 0.2) is 0 Å². The number of nitrogens with zero attached hydrogens (tertiary/aromatic N) is 2. The van der Waals surface area contributed by atoms with E-state index in [0.717, 1.165) is 4.57 Å². The summed E-state index contributed by atoms with van der Waals surface area (Å²) in [6, 6.07) is 0. The number of hydrogen-bond donors (Lipinski definition) is 3. The Morgan fingerprint density at radius 1 is 1.50 bits per heavy atom. The van der Waals surface area contributed by atoms with E-state index in [0.29, 0.717) is 0 Å². The van der Waals surface area contributed by atoms with Gasteiger partial charge in [0.25, 0.3) is 5.56 Å². The molecule has 1 aliphatic rings. The molecule has 100 valence electrons. The standard InChI is InChI=1S/C10H14N2O6/c1-5-3-11(10(16)12(17)9(5)15)8-2-6(14)7(4-13)18-8/h3,6-8,13-14,17H,2,4H2,1H3/t6-,7+,8+/m0/s1. The van der Waals surface area contributed by atoms with Crippen molar-refractivity contribution in [2.75, 3.05) is 6.61 Å². The van der Waals surface area contributed by atoms with Crippen molar-refractivity contribution < 1.29 is 20.2 Å². The fraction of sp³-hybridized carbons (Fsp3) is 0.600. The van der Waals surface area contributed by atoms with Crippen molar-refractivity contribution in [3.8, 4) is 0 Å². The Bertz CT molecular complexity index is 562. The molecule has 0 amide bonds. The van der Waals surface area contributed by atoms with Crippen LogP contribution in [0.2, 0.25) is 0 Å². The first-order valence-corrected chi connectivity index (χ1v) is 5.44. The molecule has 2 heterocycles. The van der Waals surface area contributed by atoms with Gasteiger partial charge < -0.3 is 20.2 Å². The van der Waals surface area contributed by atoms with Gasteiger partial charge in [-0.25, -0.2) is 4.79 Å². The Balaban J connectivity index is 2.42. The van der Waals surface area contributed by atoms with Crippen molar-refractivity contribution in [3.63, 3.8) is 0 Å². The third-order valence-corrected chi connectivity index (χ3v) is 2.96. The number of aryl methyl sites for hydroxylation is 1. The molecule has 8 nitrogen and oxygen atoms in total. The lowest BCUT2D eigenvalue weighted by atomic mass is 10.2. The molecule has 3 atom stereocenters. The fourth-order valence-corrected chi connectivity index (χ4v) is 1.94. The molecule has 0 spiro atoms. The summed E-state index contributed by atoms with van der Waals surface area (Å²) < 4.78 is 6.30. The van der Waals surface area contributed by atoms with E-state index in [1.54, 1.807) is 0 Å². The minimum Gasteiger partial charge on any atom is -0.421 e. The second kappa shape index (κ2) is 4.56. The summed E-state index contributed by atoms with van der Waals surface area (Å²) in [7, 11) is 0. The molecule has 1 saturated heterocycles. The lowest BCUT2D eigenvalue weighted by molar-refractivity contribution is -0.0480. The monoisotopic (exact) mass is 258 g/mol. The van der Waals surface area contributed by atoms with E-state index in [-0.39, 0.29) is 23.3 Å². The smallest absolute Gasteiger partial charge is 0.366 e. The van der Waals surface area contributed by atoms with E-state index >= 15 is 0 Å². The molecule has 1 aromatic heterocycles. The van der Waals surface area contributed by atoms with Crippen LogP contribution in [0.15, 0.2) is 15.8 Å². The maximum atomic E-state index is 11.7. The van der Waals surface area contributed by atoms with Crippen molar-refractivity contribution in [2.45, 2.75) is 31.8 Å². The number of rotatable bonds is 2. The van der Waals surface area contributed by atoms with Gasteiger partial charge >= 0.3 is 5.69 Å². The lowest BCUT2D eigenvalue weighted by Gasteiger charge is -2.15. The molecular formula is C10H14N2O6. The molecule has 1 aliphatic heterocycles. The molecule has 0 aliphatic carbocycles. The highest BCUT2D eigenvalue weighted by molar-refractivity contribution is 5.02. The molecule has 0 bridgehead atoms. The summed E-state index contributed by atoms with van der Waals surface area (Å²) in [6.07, 6.45) is -1.13. The number of hydrogen-bond acceptors (Lipinski definition) is 6. The van der Waals surface area contributed by atoms with Crippen LogP contribution in [0.5, 0.6) is 0 Å². The second-order valence-corrected chi connectivity index (χ2v) is 4.23. The van der Waals surface area contributed by atoms with Crippen molar-refractivity contribution in [3.05, 3.63) is 32.6 Å². The molecule has 0 radical (unpaired) electrons. The maximum Gasteiger partial charge on any atom is 0.366 e. The zero-order valence-corrected chi connectivity index (χ0v) is 9.68. The number of ether oxygens (including phenoxy) is 1. The molecule has 0 aromatic carbocycles. The Kier molecular flexibility index (Phi) is 3.24. The van der Waals surface area contributed by atoms with Gasteiger partial charge in [0.1, 0.15) is 12.3 Å². The normalized spacial score (nSPS) is 27.6. The van der Waals surface area contributed by atoms with Crippen LogP contribution in [0.3, 0.4) is 0 Å². The summed E-state index contributed by atoms with van der Waals surface area (Å²) in [5, 5.41) is 27.8. The minimum absolute atomic E-state index is 0.00263. The first-order chi connectivity index (χ1) is 8.45. The summed E-state index contributed by atoms with van der Waals surface area (Å²) in [4.78, 5) is 23.0. The molecule has 1 aromatic rings. The third kappa shape index (κ3) is 1.94. The van der Waals surface area contributed by atoms with Gasteiger partial charge in [-0.1, -0.05) is 4.73 Å². The van der Waals surface area contributed by atoms with Gasteiger partial charge in [-0.2, -0.15) is 0 Å². The predicted octanol–water partition coefficient (Wildman–Crippen LogP) is -1.80. The molecule has 0 saturated carbocycles. The topological polar surface area (TPSA) is 114 Å². The Labute approximate surface area is 101 Å². The van der Waals surface area contributed by atoms with Crippen molar-refractivity contribution in [2.24, 2.45) is 0 Å². The van der Waals surface area contributed by atoms with Crippen LogP contribution in [0.4, 0.5) is 0 Å². The van der Waals surface area contributed by atoms with Crippen LogP contribution in [0.1, 0.15) is 18.2 Å². The maximum absolute atomic E-state index is 11.7. The molecular weight excluding hydrogens is 244 g/mol. The largest absolute Gasteiger partial charge is 0.421 e. The van der Waals surface area contributed by atoms with Gasteiger partial charge in [0, 0.05) is 18.2 Å². The summed E-state index contributed by atoms with van der Waals surface area (Å²) in [5.74, 6) is 0. The van der Waals surface area contributed by atoms with Crippen LogP contribution in [0.25, 0.3) is 0 Å². The summed E-state index contributed by atoms with van der Waals surface area (Å²) >= 11 is 0. The molecule has 3 N–H and O–H groups in total. The number of aromatic nitrogens is 2. The second-order valence-electron chi connectivity index (χ2n) is 4.23. The Morgan fingerprint density at radius 2 is 2.17 bits per heavy atom. The van der Waals surface area contributed by atoms with E-state index in [1.807, 2.05) is 0 Å². The Hall–Kier alpha value is -1.64. The van der Waals surface area contributed by atoms with E-state index < -0.39 is 29.7 Å². The average molecular weight is 258 g/mol. The van der Waals surface area contributed by atoms with E-state index in [2.05, 4.69) is 0 Å². The molecule has 18 heavy (non-hydrogen) atoms. The highest BCUT2D eigenvalue weighted by Gasteiger charge is 2.35. The highest BCUT2D eigenvalue weighted by Crippen LogP contribution is 2.27. The summed E-state index contributed by atoms with van der Waals surface area (Å²) in [6.45, 7) is 1.07. The van der Waals surface area contributed by atoms with Crippen LogP contribution in [-0.2, 0) is 4.74 Å². The zero-order valence-electron chi connectivity index (χ0n) is 9.68. The van der Waals surface area contributed by atoms with Gasteiger partial charge in [-0.05, 0) is 6.92 Å². The van der Waals surface area contributed by atoms with E-state index in [9.17, 15) is 19.9 Å². The van der Waals surface area contributed by atoms with E-state index in [4.69, 9.17) is 9.84 Å². The van der Waals surface area contributed by atoms with Crippen molar-refractivity contribution in [1.82, 2.24) is 9.30 Å². The number of aliphatic hydroxyl groups excluding tert-OH is 2. The van der Waals surface area contributed by atoms with Crippen LogP contribution >= 0.6 is 0 Å². The predicted molar refractivity (Wildman–Crippen MR) is 58.5 cm³/mol. The van der Waals surface area contributed by atoms with Gasteiger partial charge in [-0.3, -0.25) is 9.36 Å². The fourth-order valence-electron chi connectivity index (χ4n) is 1.94. The van der Waals surface area contributed by atoms with Gasteiger partial charge in [0.2, 0.25) is 0 Å². The van der Waals surface area contributed by atoms with Gasteiger partial charge in [0.05, 0.1) is 12.7 Å². The number of aliphatic hydroxyl groups is 2. The summed E-state index contributed by atoms with van der Waals surface area (Å²) in [5.41, 5.74) is -1.57. The van der Waals surface area contributed by atoms with Crippen LogP contribution in [0, 0.1) is 6.92 Å².